The van der Waals surface area contributed by atoms with Gasteiger partial charge in [0, 0.05) is 22.5 Å². The van der Waals surface area contributed by atoms with Crippen molar-refractivity contribution in [2.45, 2.75) is 0 Å². The molecule has 0 saturated carbocycles. The summed E-state index contributed by atoms with van der Waals surface area (Å²) in [5, 5.41) is 2.09. The fraction of sp³-hybridized carbons (Fsp3) is 0. The van der Waals surface area contributed by atoms with Gasteiger partial charge in [0.15, 0.2) is 0 Å². The standard InChI is InChI=1S/C52H36FN/c53-50-26-9-7-23-48(50)49-25-13-19-42-18-12-24-47(52(42)49)43-20-11-21-45(36-43)54(44-34-32-40(33-35-44)38-16-5-2-6-17-38)51-27-10-8-22-46(51)41-30-28-39(29-31-41)37-14-3-1-4-15-37/h1-36H. The predicted molar refractivity (Wildman–Crippen MR) is 226 cm³/mol. The highest BCUT2D eigenvalue weighted by atomic mass is 19.1. The Balaban J connectivity index is 1.20. The summed E-state index contributed by atoms with van der Waals surface area (Å²) in [5.74, 6) is -0.230. The zero-order valence-corrected chi connectivity index (χ0v) is 29.6. The van der Waals surface area contributed by atoms with E-state index in [9.17, 15) is 0 Å². The van der Waals surface area contributed by atoms with E-state index in [1.165, 1.54) is 22.8 Å². The van der Waals surface area contributed by atoms with Crippen LogP contribution in [0.1, 0.15) is 0 Å². The van der Waals surface area contributed by atoms with E-state index < -0.39 is 0 Å². The van der Waals surface area contributed by atoms with Crippen LogP contribution >= 0.6 is 0 Å². The Hall–Kier alpha value is -7.03. The summed E-state index contributed by atoms with van der Waals surface area (Å²) in [7, 11) is 0. The van der Waals surface area contributed by atoms with Gasteiger partial charge in [0.1, 0.15) is 5.82 Å². The zero-order valence-electron chi connectivity index (χ0n) is 29.6. The molecule has 0 aliphatic heterocycles. The third-order valence-corrected chi connectivity index (χ3v) is 10.2. The molecule has 0 fully saturated rings. The number of hydrogen-bond donors (Lipinski definition) is 0. The smallest absolute Gasteiger partial charge is 0.131 e. The topological polar surface area (TPSA) is 3.24 Å². The van der Waals surface area contributed by atoms with Gasteiger partial charge >= 0.3 is 0 Å². The van der Waals surface area contributed by atoms with Crippen LogP contribution in [0.2, 0.25) is 0 Å². The molecular weight excluding hydrogens is 658 g/mol. The van der Waals surface area contributed by atoms with Gasteiger partial charge < -0.3 is 4.90 Å². The number of para-hydroxylation sites is 1. The molecule has 2 heteroatoms. The molecule has 9 aromatic rings. The Labute approximate surface area is 315 Å². The molecule has 0 N–H and O–H groups in total. The normalized spacial score (nSPS) is 11.1. The molecule has 1 nitrogen and oxygen atoms in total. The maximum atomic E-state index is 15.3. The van der Waals surface area contributed by atoms with Crippen molar-refractivity contribution in [2.24, 2.45) is 0 Å². The summed E-state index contributed by atoms with van der Waals surface area (Å²) < 4.78 is 15.3. The lowest BCUT2D eigenvalue weighted by Gasteiger charge is -2.28. The van der Waals surface area contributed by atoms with Gasteiger partial charge in [-0.1, -0.05) is 182 Å². The first kappa shape index (κ1) is 32.8. The Morgan fingerprint density at radius 2 is 0.778 bits per heavy atom. The van der Waals surface area contributed by atoms with Crippen LogP contribution in [0.25, 0.3) is 66.4 Å². The first-order valence-electron chi connectivity index (χ1n) is 18.3. The fourth-order valence-electron chi connectivity index (χ4n) is 7.54. The largest absolute Gasteiger partial charge is 0.310 e. The maximum Gasteiger partial charge on any atom is 0.131 e. The maximum absolute atomic E-state index is 15.3. The molecule has 9 aromatic carbocycles. The van der Waals surface area contributed by atoms with Crippen molar-refractivity contribution >= 4 is 27.8 Å². The van der Waals surface area contributed by atoms with Crippen LogP contribution in [0.3, 0.4) is 0 Å². The molecule has 256 valence electrons. The number of benzene rings is 9. The van der Waals surface area contributed by atoms with Crippen LogP contribution in [0.5, 0.6) is 0 Å². The quantitative estimate of drug-likeness (QED) is 0.153. The van der Waals surface area contributed by atoms with Crippen LogP contribution in [0.4, 0.5) is 21.5 Å². The zero-order chi connectivity index (χ0) is 36.3. The van der Waals surface area contributed by atoms with E-state index in [4.69, 9.17) is 0 Å². The summed E-state index contributed by atoms with van der Waals surface area (Å²) >= 11 is 0. The van der Waals surface area contributed by atoms with Gasteiger partial charge in [-0.05, 0) is 91.7 Å². The SMILES string of the molecule is Fc1ccccc1-c1cccc2cccc(-c3cccc(N(c4ccc(-c5ccccc5)cc4)c4ccccc4-c4ccc(-c5ccccc5)cc4)c3)c12. The number of halogens is 1. The molecule has 0 atom stereocenters. The minimum atomic E-state index is -0.230. The van der Waals surface area contributed by atoms with Gasteiger partial charge in [-0.15, -0.1) is 0 Å². The molecule has 0 heterocycles. The second kappa shape index (κ2) is 14.5. The summed E-state index contributed by atoms with van der Waals surface area (Å²) in [6, 6.07) is 75.5. The van der Waals surface area contributed by atoms with Crippen LogP contribution in [-0.2, 0) is 0 Å². The number of rotatable bonds is 8. The Bertz CT molecular complexity index is 2690. The van der Waals surface area contributed by atoms with Crippen LogP contribution < -0.4 is 4.90 Å². The van der Waals surface area contributed by atoms with Gasteiger partial charge in [0.2, 0.25) is 0 Å². The van der Waals surface area contributed by atoms with Gasteiger partial charge in [-0.3, -0.25) is 0 Å². The lowest BCUT2D eigenvalue weighted by Crippen LogP contribution is -2.11. The second-order valence-electron chi connectivity index (χ2n) is 13.4. The molecule has 0 unspecified atom stereocenters. The summed E-state index contributed by atoms with van der Waals surface area (Å²) in [4.78, 5) is 2.35. The summed E-state index contributed by atoms with van der Waals surface area (Å²) in [5.41, 5.74) is 13.7. The molecule has 0 amide bonds. The molecule has 0 spiro atoms. The number of fused-ring (bicyclic) bond motifs is 1. The van der Waals surface area contributed by atoms with E-state index in [0.717, 1.165) is 61.2 Å². The molecule has 0 aromatic heterocycles. The number of hydrogen-bond acceptors (Lipinski definition) is 1. The van der Waals surface area contributed by atoms with Crippen molar-refractivity contribution in [1.29, 1.82) is 0 Å². The molecule has 0 saturated heterocycles. The molecule has 54 heavy (non-hydrogen) atoms. The van der Waals surface area contributed by atoms with Gasteiger partial charge in [0.05, 0.1) is 5.69 Å². The predicted octanol–water partition coefficient (Wildman–Crippen LogP) is 14.8. The third-order valence-electron chi connectivity index (χ3n) is 10.2. The van der Waals surface area contributed by atoms with Crippen molar-refractivity contribution in [3.05, 3.63) is 224 Å². The molecule has 0 aliphatic rings. The molecule has 0 aliphatic carbocycles. The van der Waals surface area contributed by atoms with Crippen molar-refractivity contribution in [3.63, 3.8) is 0 Å². The summed E-state index contributed by atoms with van der Waals surface area (Å²) in [6.45, 7) is 0. The molecule has 9 rings (SSSR count). The van der Waals surface area contributed by atoms with Crippen molar-refractivity contribution in [1.82, 2.24) is 0 Å². The fourth-order valence-corrected chi connectivity index (χ4v) is 7.54. The number of nitrogens with zero attached hydrogens (tertiary/aromatic N) is 1. The highest BCUT2D eigenvalue weighted by molar-refractivity contribution is 6.07. The number of anilines is 3. The monoisotopic (exact) mass is 693 g/mol. The lowest BCUT2D eigenvalue weighted by atomic mass is 9.91. The first-order chi connectivity index (χ1) is 26.7. The van der Waals surface area contributed by atoms with Crippen molar-refractivity contribution in [2.75, 3.05) is 4.90 Å². The Kier molecular flexibility index (Phi) is 8.84. The second-order valence-corrected chi connectivity index (χ2v) is 13.4. The van der Waals surface area contributed by atoms with Gasteiger partial charge in [0.25, 0.3) is 0 Å². The van der Waals surface area contributed by atoms with Crippen molar-refractivity contribution in [3.8, 4) is 55.6 Å². The minimum Gasteiger partial charge on any atom is -0.310 e. The van der Waals surface area contributed by atoms with E-state index >= 15 is 4.39 Å². The Morgan fingerprint density at radius 1 is 0.296 bits per heavy atom. The third kappa shape index (κ3) is 6.35. The average molecular weight is 694 g/mol. The highest BCUT2D eigenvalue weighted by Gasteiger charge is 2.19. The average Bonchev–Trinajstić information content (AvgIpc) is 3.25. The van der Waals surface area contributed by atoms with E-state index in [0.29, 0.717) is 5.56 Å². The minimum absolute atomic E-state index is 0.230. The van der Waals surface area contributed by atoms with Crippen LogP contribution in [0, 0.1) is 5.82 Å². The van der Waals surface area contributed by atoms with Gasteiger partial charge in [-0.25, -0.2) is 4.39 Å². The van der Waals surface area contributed by atoms with Gasteiger partial charge in [-0.2, -0.15) is 0 Å². The molecule has 0 radical (unpaired) electrons. The molecular formula is C52H36FN. The van der Waals surface area contributed by atoms with E-state index in [1.807, 2.05) is 36.4 Å². The van der Waals surface area contributed by atoms with E-state index in [2.05, 4.69) is 175 Å². The summed E-state index contributed by atoms with van der Waals surface area (Å²) in [6.07, 6.45) is 0. The van der Waals surface area contributed by atoms with Crippen LogP contribution in [-0.4, -0.2) is 0 Å². The van der Waals surface area contributed by atoms with Crippen molar-refractivity contribution < 1.29 is 4.39 Å². The molecule has 0 bridgehead atoms. The lowest BCUT2D eigenvalue weighted by molar-refractivity contribution is 0.631. The van der Waals surface area contributed by atoms with E-state index in [1.54, 1.807) is 6.07 Å². The van der Waals surface area contributed by atoms with Crippen LogP contribution in [0.15, 0.2) is 218 Å². The highest BCUT2D eigenvalue weighted by Crippen LogP contribution is 2.44. The first-order valence-corrected chi connectivity index (χ1v) is 18.3. The Morgan fingerprint density at radius 3 is 1.44 bits per heavy atom. The van der Waals surface area contributed by atoms with E-state index in [-0.39, 0.29) is 5.82 Å².